The lowest BCUT2D eigenvalue weighted by molar-refractivity contribution is -0.116. The number of hydrogen-bond donors (Lipinski definition) is 3. The van der Waals surface area contributed by atoms with Crippen molar-refractivity contribution in [2.45, 2.75) is 26.7 Å². The van der Waals surface area contributed by atoms with Crippen molar-refractivity contribution in [1.29, 1.82) is 0 Å². The number of fused-ring (bicyclic) bond motifs is 1. The van der Waals surface area contributed by atoms with Gasteiger partial charge < -0.3 is 15.3 Å². The minimum Gasteiger partial charge on any atom is -0.338 e. The summed E-state index contributed by atoms with van der Waals surface area (Å²) in [6.45, 7) is 3.52. The van der Waals surface area contributed by atoms with Crippen LogP contribution in [0.25, 0.3) is 22.4 Å². The number of nitrogens with one attached hydrogen (secondary N) is 3. The molecule has 146 valence electrons. The maximum Gasteiger partial charge on any atom is 0.254 e. The largest absolute Gasteiger partial charge is 0.338 e. The summed E-state index contributed by atoms with van der Waals surface area (Å²) in [6.07, 6.45) is 0.553. The quantitative estimate of drug-likeness (QED) is 0.487. The average Bonchev–Trinajstić information content (AvgIpc) is 3.12. The Balaban J connectivity index is 1.41. The number of aromatic amines is 2. The van der Waals surface area contributed by atoms with Gasteiger partial charge in [-0.1, -0.05) is 12.1 Å². The van der Waals surface area contributed by atoms with Crippen molar-refractivity contribution < 1.29 is 4.79 Å². The van der Waals surface area contributed by atoms with E-state index in [0.29, 0.717) is 29.2 Å². The Morgan fingerprint density at radius 3 is 2.48 bits per heavy atom. The van der Waals surface area contributed by atoms with Crippen LogP contribution in [0.3, 0.4) is 0 Å². The van der Waals surface area contributed by atoms with E-state index in [9.17, 15) is 9.59 Å². The van der Waals surface area contributed by atoms with Crippen LogP contribution in [-0.4, -0.2) is 25.8 Å². The van der Waals surface area contributed by atoms with Gasteiger partial charge >= 0.3 is 0 Å². The van der Waals surface area contributed by atoms with Crippen LogP contribution >= 0.6 is 0 Å². The van der Waals surface area contributed by atoms with Crippen LogP contribution < -0.4 is 10.9 Å². The molecule has 0 radical (unpaired) electrons. The zero-order chi connectivity index (χ0) is 20.4. The van der Waals surface area contributed by atoms with E-state index in [-0.39, 0.29) is 17.9 Å². The zero-order valence-corrected chi connectivity index (χ0v) is 16.2. The van der Waals surface area contributed by atoms with E-state index >= 15 is 0 Å². The topological polar surface area (TPSA) is 104 Å². The number of carbonyl (C=O) groups is 1. The van der Waals surface area contributed by atoms with E-state index in [0.717, 1.165) is 22.4 Å². The SMILES string of the molecule is Cc1nc(C)c(CCC(=O)Nc2ccc(-c3nc4ccccc4[nH]3)cc2)c(=O)[nH]1. The number of hydrogen-bond acceptors (Lipinski definition) is 4. The van der Waals surface area contributed by atoms with E-state index < -0.39 is 0 Å². The molecule has 0 aliphatic carbocycles. The van der Waals surface area contributed by atoms with E-state index in [2.05, 4.69) is 25.3 Å². The molecule has 0 aliphatic heterocycles. The predicted octanol–water partition coefficient (Wildman–Crippen LogP) is 3.50. The molecule has 0 aliphatic rings. The molecule has 0 saturated carbocycles. The second-order valence-corrected chi connectivity index (χ2v) is 6.94. The van der Waals surface area contributed by atoms with Gasteiger partial charge in [0, 0.05) is 28.9 Å². The van der Waals surface area contributed by atoms with E-state index in [1.165, 1.54) is 0 Å². The lowest BCUT2D eigenvalue weighted by Crippen LogP contribution is -2.20. The van der Waals surface area contributed by atoms with E-state index in [1.807, 2.05) is 48.5 Å². The van der Waals surface area contributed by atoms with Gasteiger partial charge in [0.15, 0.2) is 0 Å². The standard InChI is InChI=1S/C22H21N5O2/c1-13-17(22(29)24-14(2)23-13)11-12-20(28)25-16-9-7-15(8-10-16)21-26-18-5-3-4-6-19(18)27-21/h3-10H,11-12H2,1-2H3,(H,25,28)(H,26,27)(H,23,24,29). The van der Waals surface area contributed by atoms with Crippen LogP contribution in [0.15, 0.2) is 53.3 Å². The first-order valence-electron chi connectivity index (χ1n) is 9.41. The highest BCUT2D eigenvalue weighted by atomic mass is 16.1. The van der Waals surface area contributed by atoms with Crippen LogP contribution in [0, 0.1) is 13.8 Å². The van der Waals surface area contributed by atoms with Crippen LogP contribution in [0.2, 0.25) is 0 Å². The summed E-state index contributed by atoms with van der Waals surface area (Å²) in [5.41, 5.74) is 4.55. The first kappa shape index (κ1) is 18.6. The number of aryl methyl sites for hydroxylation is 2. The number of imidazole rings is 1. The summed E-state index contributed by atoms with van der Waals surface area (Å²) in [6, 6.07) is 15.4. The van der Waals surface area contributed by atoms with Gasteiger partial charge in [-0.25, -0.2) is 9.97 Å². The molecule has 0 unspecified atom stereocenters. The maximum absolute atomic E-state index is 12.3. The highest BCUT2D eigenvalue weighted by Gasteiger charge is 2.10. The number of anilines is 1. The molecule has 29 heavy (non-hydrogen) atoms. The molecule has 2 heterocycles. The third kappa shape index (κ3) is 4.08. The minimum absolute atomic E-state index is 0.152. The number of H-pyrrole nitrogens is 2. The zero-order valence-electron chi connectivity index (χ0n) is 16.2. The monoisotopic (exact) mass is 387 g/mol. The van der Waals surface area contributed by atoms with Crippen molar-refractivity contribution in [3.05, 3.63) is 76.0 Å². The molecule has 4 rings (SSSR count). The summed E-state index contributed by atoms with van der Waals surface area (Å²) >= 11 is 0. The Morgan fingerprint density at radius 2 is 1.76 bits per heavy atom. The van der Waals surface area contributed by atoms with Crippen molar-refractivity contribution in [1.82, 2.24) is 19.9 Å². The van der Waals surface area contributed by atoms with Crippen molar-refractivity contribution in [3.8, 4) is 11.4 Å². The van der Waals surface area contributed by atoms with E-state index in [1.54, 1.807) is 13.8 Å². The van der Waals surface area contributed by atoms with Crippen LogP contribution in [-0.2, 0) is 11.2 Å². The molecule has 7 nitrogen and oxygen atoms in total. The first-order valence-corrected chi connectivity index (χ1v) is 9.41. The number of nitrogens with zero attached hydrogens (tertiary/aromatic N) is 2. The lowest BCUT2D eigenvalue weighted by Gasteiger charge is -2.07. The van der Waals surface area contributed by atoms with Crippen LogP contribution in [0.4, 0.5) is 5.69 Å². The molecule has 3 N–H and O–H groups in total. The van der Waals surface area contributed by atoms with Gasteiger partial charge in [-0.05, 0) is 56.7 Å². The highest BCUT2D eigenvalue weighted by molar-refractivity contribution is 5.91. The Labute approximate surface area is 167 Å². The van der Waals surface area contributed by atoms with Gasteiger partial charge in [0.2, 0.25) is 5.91 Å². The smallest absolute Gasteiger partial charge is 0.254 e. The summed E-state index contributed by atoms with van der Waals surface area (Å²) < 4.78 is 0. The van der Waals surface area contributed by atoms with Crippen molar-refractivity contribution >= 4 is 22.6 Å². The molecule has 0 fully saturated rings. The fraction of sp³-hybridized carbons (Fsp3) is 0.182. The third-order valence-corrected chi connectivity index (χ3v) is 4.77. The van der Waals surface area contributed by atoms with Gasteiger partial charge in [-0.2, -0.15) is 0 Å². The third-order valence-electron chi connectivity index (χ3n) is 4.77. The number of para-hydroxylation sites is 2. The van der Waals surface area contributed by atoms with Gasteiger partial charge in [0.25, 0.3) is 5.56 Å². The van der Waals surface area contributed by atoms with Gasteiger partial charge in [0.05, 0.1) is 11.0 Å². The maximum atomic E-state index is 12.3. The van der Waals surface area contributed by atoms with Gasteiger partial charge in [0.1, 0.15) is 11.6 Å². The Bertz CT molecular complexity index is 1210. The molecule has 7 heteroatoms. The molecule has 4 aromatic rings. The van der Waals surface area contributed by atoms with Crippen LogP contribution in [0.1, 0.15) is 23.5 Å². The number of rotatable bonds is 5. The lowest BCUT2D eigenvalue weighted by atomic mass is 10.1. The summed E-state index contributed by atoms with van der Waals surface area (Å²) in [4.78, 5) is 39.1. The average molecular weight is 387 g/mol. The predicted molar refractivity (Wildman–Crippen MR) is 113 cm³/mol. The Hall–Kier alpha value is -3.74. The molecule has 0 saturated heterocycles. The second kappa shape index (κ2) is 7.71. The van der Waals surface area contributed by atoms with E-state index in [4.69, 9.17) is 0 Å². The molecular formula is C22H21N5O2. The first-order chi connectivity index (χ1) is 14.0. The van der Waals surface area contributed by atoms with Crippen molar-refractivity contribution in [2.75, 3.05) is 5.32 Å². The Kier molecular flexibility index (Phi) is 4.95. The van der Waals surface area contributed by atoms with Gasteiger partial charge in [-0.3, -0.25) is 9.59 Å². The fourth-order valence-corrected chi connectivity index (χ4v) is 3.31. The molecule has 0 spiro atoms. The van der Waals surface area contributed by atoms with Crippen LogP contribution in [0.5, 0.6) is 0 Å². The molecule has 2 aromatic heterocycles. The fourth-order valence-electron chi connectivity index (χ4n) is 3.31. The molecule has 1 amide bonds. The molecular weight excluding hydrogens is 366 g/mol. The molecule has 2 aromatic carbocycles. The second-order valence-electron chi connectivity index (χ2n) is 6.94. The summed E-state index contributed by atoms with van der Waals surface area (Å²) in [5.74, 6) is 1.21. The summed E-state index contributed by atoms with van der Waals surface area (Å²) in [7, 11) is 0. The van der Waals surface area contributed by atoms with Gasteiger partial charge in [-0.15, -0.1) is 0 Å². The van der Waals surface area contributed by atoms with Crippen molar-refractivity contribution in [3.63, 3.8) is 0 Å². The Morgan fingerprint density at radius 1 is 1.00 bits per heavy atom. The normalized spacial score (nSPS) is 11.0. The highest BCUT2D eigenvalue weighted by Crippen LogP contribution is 2.22. The molecule has 0 atom stereocenters. The number of amides is 1. The molecule has 0 bridgehead atoms. The van der Waals surface area contributed by atoms with Crippen molar-refractivity contribution in [2.24, 2.45) is 0 Å². The number of benzene rings is 2. The minimum atomic E-state index is -0.182. The summed E-state index contributed by atoms with van der Waals surface area (Å²) in [5, 5.41) is 2.87. The number of aromatic nitrogens is 4. The number of carbonyl (C=O) groups excluding carboxylic acids is 1.